The Hall–Kier alpha value is -2.43. The fourth-order valence-corrected chi connectivity index (χ4v) is 2.15. The van der Waals surface area contributed by atoms with Crippen LogP contribution in [0.15, 0.2) is 65.7 Å². The maximum absolute atomic E-state index is 10.3. The van der Waals surface area contributed by atoms with E-state index in [0.29, 0.717) is 22.0 Å². The average Bonchev–Trinajstić information content (AvgIpc) is 3.05. The van der Waals surface area contributed by atoms with Gasteiger partial charge in [0.25, 0.3) is 5.89 Å². The molecule has 1 aromatic heterocycles. The number of benzene rings is 2. The van der Waals surface area contributed by atoms with E-state index in [9.17, 15) is 5.11 Å². The molecule has 3 aromatic rings. The van der Waals surface area contributed by atoms with E-state index in [1.807, 2.05) is 30.3 Å². The van der Waals surface area contributed by atoms with Crippen molar-refractivity contribution in [3.8, 4) is 11.4 Å². The van der Waals surface area contributed by atoms with E-state index in [0.717, 1.165) is 5.56 Å². The molecule has 4 nitrogen and oxygen atoms in total. The normalized spacial score (nSPS) is 12.1. The predicted molar refractivity (Wildman–Crippen MR) is 85.2 cm³/mol. The molecule has 0 aliphatic rings. The average molecular weight is 313 g/mol. The summed E-state index contributed by atoms with van der Waals surface area (Å²) in [5.74, 6) is 0.668. The molecule has 0 saturated heterocycles. The van der Waals surface area contributed by atoms with E-state index >= 15 is 0 Å². The van der Waals surface area contributed by atoms with Gasteiger partial charge in [0.15, 0.2) is 0 Å². The highest BCUT2D eigenvalue weighted by molar-refractivity contribution is 6.30. The molecule has 3 rings (SSSR count). The summed E-state index contributed by atoms with van der Waals surface area (Å²) in [6.45, 7) is 3.85. The molecule has 110 valence electrons. The van der Waals surface area contributed by atoms with Crippen LogP contribution in [0, 0.1) is 0 Å². The molecule has 0 amide bonds. The quantitative estimate of drug-likeness (QED) is 0.786. The Labute approximate surface area is 132 Å². The SMILES string of the molecule is C=C(c1nc(-c2ccccc2)no1)C(O)c1ccc(Cl)cc1. The van der Waals surface area contributed by atoms with Crippen LogP contribution in [-0.2, 0) is 0 Å². The van der Waals surface area contributed by atoms with E-state index in [2.05, 4.69) is 16.7 Å². The number of aliphatic hydroxyl groups is 1. The van der Waals surface area contributed by atoms with Gasteiger partial charge < -0.3 is 9.63 Å². The van der Waals surface area contributed by atoms with E-state index < -0.39 is 6.10 Å². The Bertz CT molecular complexity index is 782. The lowest BCUT2D eigenvalue weighted by atomic mass is 10.0. The van der Waals surface area contributed by atoms with Gasteiger partial charge in [0.1, 0.15) is 6.10 Å². The third-order valence-electron chi connectivity index (χ3n) is 3.25. The molecule has 0 spiro atoms. The monoisotopic (exact) mass is 312 g/mol. The highest BCUT2D eigenvalue weighted by Crippen LogP contribution is 2.29. The minimum Gasteiger partial charge on any atom is -0.383 e. The lowest BCUT2D eigenvalue weighted by Gasteiger charge is -2.10. The van der Waals surface area contributed by atoms with Gasteiger partial charge >= 0.3 is 0 Å². The standard InChI is InChI=1S/C17H13ClN2O2/c1-11(15(21)12-7-9-14(18)10-8-12)17-19-16(20-22-17)13-5-3-2-4-6-13/h2-10,15,21H,1H2. The van der Waals surface area contributed by atoms with Crippen molar-refractivity contribution < 1.29 is 9.63 Å². The summed E-state index contributed by atoms with van der Waals surface area (Å²) in [6.07, 6.45) is -0.929. The maximum Gasteiger partial charge on any atom is 0.256 e. The third-order valence-corrected chi connectivity index (χ3v) is 3.50. The zero-order chi connectivity index (χ0) is 15.5. The van der Waals surface area contributed by atoms with E-state index in [1.165, 1.54) is 0 Å². The molecular formula is C17H13ClN2O2. The molecule has 2 aromatic carbocycles. The number of nitrogens with zero attached hydrogens (tertiary/aromatic N) is 2. The molecule has 0 bridgehead atoms. The lowest BCUT2D eigenvalue weighted by molar-refractivity contribution is 0.233. The van der Waals surface area contributed by atoms with Crippen LogP contribution < -0.4 is 0 Å². The number of hydrogen-bond donors (Lipinski definition) is 1. The minimum absolute atomic E-state index is 0.210. The third kappa shape index (κ3) is 2.93. The molecule has 1 unspecified atom stereocenters. The Morgan fingerprint density at radius 2 is 1.77 bits per heavy atom. The summed E-state index contributed by atoms with van der Waals surface area (Å²) in [6, 6.07) is 16.3. The number of aliphatic hydroxyl groups excluding tert-OH is 1. The maximum atomic E-state index is 10.3. The highest BCUT2D eigenvalue weighted by atomic mass is 35.5. The molecule has 22 heavy (non-hydrogen) atoms. The van der Waals surface area contributed by atoms with Gasteiger partial charge in [-0.05, 0) is 17.7 Å². The smallest absolute Gasteiger partial charge is 0.256 e. The fraction of sp³-hybridized carbons (Fsp3) is 0.0588. The first-order valence-corrected chi connectivity index (χ1v) is 7.05. The van der Waals surface area contributed by atoms with Gasteiger partial charge in [-0.15, -0.1) is 0 Å². The number of halogens is 1. The van der Waals surface area contributed by atoms with Gasteiger partial charge in [0.2, 0.25) is 5.82 Å². The molecule has 0 radical (unpaired) electrons. The van der Waals surface area contributed by atoms with Gasteiger partial charge in [-0.2, -0.15) is 4.98 Å². The zero-order valence-corrected chi connectivity index (χ0v) is 12.4. The first kappa shape index (κ1) is 14.5. The second-order valence-electron chi connectivity index (χ2n) is 4.77. The molecule has 0 aliphatic heterocycles. The van der Waals surface area contributed by atoms with Gasteiger partial charge in [-0.25, -0.2) is 0 Å². The second-order valence-corrected chi connectivity index (χ2v) is 5.20. The molecular weight excluding hydrogens is 300 g/mol. The molecule has 5 heteroatoms. The van der Waals surface area contributed by atoms with Crippen molar-refractivity contribution in [1.82, 2.24) is 10.1 Å². The summed E-state index contributed by atoms with van der Waals surface area (Å²) in [7, 11) is 0. The molecule has 1 atom stereocenters. The number of hydrogen-bond acceptors (Lipinski definition) is 4. The minimum atomic E-state index is -0.929. The summed E-state index contributed by atoms with van der Waals surface area (Å²) in [4.78, 5) is 4.28. The molecule has 1 N–H and O–H groups in total. The van der Waals surface area contributed by atoms with Crippen LogP contribution in [0.3, 0.4) is 0 Å². The Morgan fingerprint density at radius 1 is 1.09 bits per heavy atom. The van der Waals surface area contributed by atoms with Gasteiger partial charge in [-0.3, -0.25) is 0 Å². The Kier molecular flexibility index (Phi) is 4.04. The van der Waals surface area contributed by atoms with Crippen LogP contribution in [-0.4, -0.2) is 15.2 Å². The predicted octanol–water partition coefficient (Wildman–Crippen LogP) is 4.14. The van der Waals surface area contributed by atoms with Crippen molar-refractivity contribution in [3.63, 3.8) is 0 Å². The fourth-order valence-electron chi connectivity index (χ4n) is 2.02. The number of rotatable bonds is 4. The van der Waals surface area contributed by atoms with Crippen LogP contribution in [0.5, 0.6) is 0 Å². The zero-order valence-electron chi connectivity index (χ0n) is 11.6. The lowest BCUT2D eigenvalue weighted by Crippen LogP contribution is -2.00. The summed E-state index contributed by atoms with van der Waals surface area (Å²) in [5, 5.41) is 14.9. The van der Waals surface area contributed by atoms with E-state index in [-0.39, 0.29) is 5.89 Å². The van der Waals surface area contributed by atoms with Crippen LogP contribution in [0.2, 0.25) is 5.02 Å². The van der Waals surface area contributed by atoms with Gasteiger partial charge in [-0.1, -0.05) is 65.8 Å². The number of aromatic nitrogens is 2. The highest BCUT2D eigenvalue weighted by Gasteiger charge is 2.19. The van der Waals surface area contributed by atoms with E-state index in [4.69, 9.17) is 16.1 Å². The van der Waals surface area contributed by atoms with Crippen LogP contribution in [0.4, 0.5) is 0 Å². The van der Waals surface area contributed by atoms with Crippen LogP contribution >= 0.6 is 11.6 Å². The van der Waals surface area contributed by atoms with Crippen molar-refractivity contribution in [3.05, 3.63) is 77.7 Å². The Morgan fingerprint density at radius 3 is 2.45 bits per heavy atom. The summed E-state index contributed by atoms with van der Waals surface area (Å²) in [5.41, 5.74) is 1.84. The molecule has 0 aliphatic carbocycles. The van der Waals surface area contributed by atoms with Gasteiger partial charge in [0.05, 0.1) is 0 Å². The topological polar surface area (TPSA) is 59.2 Å². The largest absolute Gasteiger partial charge is 0.383 e. The van der Waals surface area contributed by atoms with Crippen LogP contribution in [0.25, 0.3) is 17.0 Å². The van der Waals surface area contributed by atoms with Crippen molar-refractivity contribution in [1.29, 1.82) is 0 Å². The molecule has 0 saturated carbocycles. The van der Waals surface area contributed by atoms with Crippen molar-refractivity contribution in [2.45, 2.75) is 6.10 Å². The van der Waals surface area contributed by atoms with Gasteiger partial charge in [0, 0.05) is 16.2 Å². The van der Waals surface area contributed by atoms with Crippen LogP contribution in [0.1, 0.15) is 17.6 Å². The first-order valence-electron chi connectivity index (χ1n) is 6.67. The second kappa shape index (κ2) is 6.13. The first-order chi connectivity index (χ1) is 10.6. The van der Waals surface area contributed by atoms with Crippen molar-refractivity contribution >= 4 is 17.2 Å². The Balaban J connectivity index is 1.84. The van der Waals surface area contributed by atoms with E-state index in [1.54, 1.807) is 24.3 Å². The van der Waals surface area contributed by atoms with Crippen molar-refractivity contribution in [2.24, 2.45) is 0 Å². The van der Waals surface area contributed by atoms with Crippen molar-refractivity contribution in [2.75, 3.05) is 0 Å². The summed E-state index contributed by atoms with van der Waals surface area (Å²) >= 11 is 5.84. The molecule has 1 heterocycles. The summed E-state index contributed by atoms with van der Waals surface area (Å²) < 4.78 is 5.20. The molecule has 0 fully saturated rings.